The second-order valence-corrected chi connectivity index (χ2v) is 9.64. The van der Waals surface area contributed by atoms with Gasteiger partial charge in [-0.05, 0) is 83.1 Å². The molecule has 1 saturated heterocycles. The van der Waals surface area contributed by atoms with Crippen molar-refractivity contribution in [1.82, 2.24) is 9.80 Å². The van der Waals surface area contributed by atoms with Crippen LogP contribution in [0.1, 0.15) is 49.7 Å². The zero-order chi connectivity index (χ0) is 17.7. The lowest BCUT2D eigenvalue weighted by atomic mass is 9.47. The first kappa shape index (κ1) is 15.8. The van der Waals surface area contributed by atoms with Crippen molar-refractivity contribution in [2.24, 2.45) is 5.92 Å². The quantitative estimate of drug-likeness (QED) is 0.905. The van der Waals surface area contributed by atoms with Crippen molar-refractivity contribution in [3.8, 4) is 11.5 Å². The minimum absolute atomic E-state index is 0.0567. The summed E-state index contributed by atoms with van der Waals surface area (Å²) in [7, 11) is 4.59. The van der Waals surface area contributed by atoms with Gasteiger partial charge >= 0.3 is 0 Å². The van der Waals surface area contributed by atoms with Gasteiger partial charge in [-0.25, -0.2) is 0 Å². The van der Waals surface area contributed by atoms with Crippen LogP contribution in [-0.4, -0.2) is 59.8 Å². The molecule has 6 rings (SSSR count). The molecule has 4 heteroatoms. The average Bonchev–Trinajstić information content (AvgIpc) is 3.37. The first-order valence-electron chi connectivity index (χ1n) is 10.5. The van der Waals surface area contributed by atoms with Crippen LogP contribution in [0.25, 0.3) is 0 Å². The van der Waals surface area contributed by atoms with Gasteiger partial charge in [-0.3, -0.25) is 4.90 Å². The molecule has 3 fully saturated rings. The minimum atomic E-state index is 0.0567. The van der Waals surface area contributed by atoms with Crippen LogP contribution >= 0.6 is 0 Å². The van der Waals surface area contributed by atoms with Crippen molar-refractivity contribution in [3.05, 3.63) is 23.3 Å². The van der Waals surface area contributed by atoms with Crippen LogP contribution in [0.2, 0.25) is 0 Å². The highest BCUT2D eigenvalue weighted by molar-refractivity contribution is 5.62. The van der Waals surface area contributed by atoms with Gasteiger partial charge in [-0.15, -0.1) is 0 Å². The summed E-state index contributed by atoms with van der Waals surface area (Å²) < 4.78 is 6.52. The lowest BCUT2D eigenvalue weighted by Gasteiger charge is -2.68. The molecule has 2 heterocycles. The monoisotopic (exact) mass is 354 g/mol. The maximum Gasteiger partial charge on any atom is 0.165 e. The van der Waals surface area contributed by atoms with E-state index < -0.39 is 0 Å². The van der Waals surface area contributed by atoms with E-state index in [-0.39, 0.29) is 17.1 Å². The van der Waals surface area contributed by atoms with Crippen molar-refractivity contribution in [2.75, 3.05) is 27.2 Å². The van der Waals surface area contributed by atoms with E-state index in [1.165, 1.54) is 56.3 Å². The molecule has 1 spiro atoms. The number of likely N-dealkylation sites (N-methyl/N-ethyl adjacent to an activating group) is 1. The van der Waals surface area contributed by atoms with Gasteiger partial charge in [0.15, 0.2) is 11.5 Å². The molecule has 2 aliphatic heterocycles. The predicted octanol–water partition coefficient (Wildman–Crippen LogP) is 2.92. The molecule has 1 aromatic rings. The zero-order valence-corrected chi connectivity index (χ0v) is 16.0. The van der Waals surface area contributed by atoms with Gasteiger partial charge in [0.05, 0.1) is 5.41 Å². The van der Waals surface area contributed by atoms with E-state index in [0.29, 0.717) is 11.8 Å². The van der Waals surface area contributed by atoms with Crippen LogP contribution in [0.5, 0.6) is 11.5 Å². The van der Waals surface area contributed by atoms with Crippen molar-refractivity contribution >= 4 is 0 Å². The Morgan fingerprint density at radius 2 is 2.08 bits per heavy atom. The molecule has 4 nitrogen and oxygen atoms in total. The highest BCUT2D eigenvalue weighted by Gasteiger charge is 2.72. The number of phenols is 1. The molecule has 3 aliphatic carbocycles. The maximum absolute atomic E-state index is 10.6. The largest absolute Gasteiger partial charge is 0.504 e. The summed E-state index contributed by atoms with van der Waals surface area (Å²) in [5.41, 5.74) is 3.00. The lowest BCUT2D eigenvalue weighted by Crippen LogP contribution is -2.79. The summed E-state index contributed by atoms with van der Waals surface area (Å²) in [6.07, 6.45) is 8.94. The van der Waals surface area contributed by atoms with Crippen LogP contribution in [0.4, 0.5) is 0 Å². The molecule has 26 heavy (non-hydrogen) atoms. The summed E-state index contributed by atoms with van der Waals surface area (Å²) >= 11 is 0. The Morgan fingerprint density at radius 1 is 1.23 bits per heavy atom. The molecule has 2 bridgehead atoms. The Balaban J connectivity index is 1.60. The number of hydrogen-bond acceptors (Lipinski definition) is 4. The van der Waals surface area contributed by atoms with Crippen molar-refractivity contribution in [3.63, 3.8) is 0 Å². The van der Waals surface area contributed by atoms with Gasteiger partial charge in [-0.1, -0.05) is 6.07 Å². The van der Waals surface area contributed by atoms with Crippen LogP contribution in [-0.2, 0) is 11.8 Å². The summed E-state index contributed by atoms with van der Waals surface area (Å²) in [6.45, 7) is 2.47. The molecule has 4 atom stereocenters. The fourth-order valence-electron chi connectivity index (χ4n) is 7.40. The van der Waals surface area contributed by atoms with Gasteiger partial charge in [-0.2, -0.15) is 0 Å². The van der Waals surface area contributed by atoms with E-state index in [1.54, 1.807) is 0 Å². The lowest BCUT2D eigenvalue weighted by molar-refractivity contribution is -0.135. The number of ether oxygens (including phenoxy) is 1. The van der Waals surface area contributed by atoms with E-state index in [1.807, 2.05) is 6.07 Å². The van der Waals surface area contributed by atoms with E-state index in [9.17, 15) is 5.11 Å². The molecule has 0 aromatic heterocycles. The standard InChI is InChI=1S/C22H30N2O2/c1-23(2)22-9-3-4-18-21(22)10-11-24(13-14-5-6-14)17(22)12-15-7-8-16(25)20(26-18)19(15)21/h7-8,14,17-18,25H,3-6,9-13H2,1-2H3/t17-,18+,21-,22-/m1/s1. The Labute approximate surface area is 156 Å². The van der Waals surface area contributed by atoms with Crippen LogP contribution in [0.15, 0.2) is 12.1 Å². The number of hydrogen-bond donors (Lipinski definition) is 1. The van der Waals surface area contributed by atoms with Crippen molar-refractivity contribution in [1.29, 1.82) is 0 Å². The molecular weight excluding hydrogens is 324 g/mol. The number of phenolic OH excluding ortho intramolecular Hbond substituents is 1. The Morgan fingerprint density at radius 3 is 2.85 bits per heavy atom. The smallest absolute Gasteiger partial charge is 0.165 e. The first-order chi connectivity index (χ1) is 12.6. The van der Waals surface area contributed by atoms with Gasteiger partial charge in [0.2, 0.25) is 0 Å². The molecule has 2 saturated carbocycles. The third-order valence-corrected chi connectivity index (χ3v) is 8.46. The van der Waals surface area contributed by atoms with Gasteiger partial charge < -0.3 is 14.7 Å². The number of benzene rings is 1. The fraction of sp³-hybridized carbons (Fsp3) is 0.727. The number of piperidine rings is 1. The van der Waals surface area contributed by atoms with Crippen molar-refractivity contribution < 1.29 is 9.84 Å². The van der Waals surface area contributed by atoms with Gasteiger partial charge in [0.1, 0.15) is 6.10 Å². The average molecular weight is 354 g/mol. The molecule has 140 valence electrons. The number of likely N-dealkylation sites (tertiary alicyclic amines) is 1. The molecule has 0 unspecified atom stereocenters. The van der Waals surface area contributed by atoms with Gasteiger partial charge in [0, 0.05) is 23.7 Å². The summed E-state index contributed by atoms with van der Waals surface area (Å²) in [4.78, 5) is 5.38. The minimum Gasteiger partial charge on any atom is -0.504 e. The zero-order valence-electron chi connectivity index (χ0n) is 16.0. The van der Waals surface area contributed by atoms with Crippen LogP contribution < -0.4 is 4.74 Å². The molecule has 0 radical (unpaired) electrons. The number of nitrogens with zero attached hydrogens (tertiary/aromatic N) is 2. The van der Waals surface area contributed by atoms with Crippen LogP contribution in [0, 0.1) is 5.92 Å². The molecule has 1 N–H and O–H groups in total. The molecular formula is C22H30N2O2. The molecule has 5 aliphatic rings. The number of rotatable bonds is 3. The second-order valence-electron chi connectivity index (χ2n) is 9.64. The van der Waals surface area contributed by atoms with E-state index >= 15 is 0 Å². The maximum atomic E-state index is 10.6. The topological polar surface area (TPSA) is 35.9 Å². The molecule has 1 aromatic carbocycles. The highest BCUT2D eigenvalue weighted by atomic mass is 16.5. The predicted molar refractivity (Wildman–Crippen MR) is 101 cm³/mol. The Bertz CT molecular complexity index is 774. The first-order valence-corrected chi connectivity index (χ1v) is 10.5. The van der Waals surface area contributed by atoms with E-state index in [0.717, 1.165) is 24.5 Å². The Kier molecular flexibility index (Phi) is 3.01. The summed E-state index contributed by atoms with van der Waals surface area (Å²) in [5.74, 6) is 2.09. The van der Waals surface area contributed by atoms with E-state index in [2.05, 4.69) is 30.0 Å². The third-order valence-electron chi connectivity index (χ3n) is 8.46. The highest BCUT2D eigenvalue weighted by Crippen LogP contribution is 2.66. The summed E-state index contributed by atoms with van der Waals surface area (Å²) in [6, 6.07) is 4.62. The number of aromatic hydroxyl groups is 1. The van der Waals surface area contributed by atoms with Gasteiger partial charge in [0.25, 0.3) is 0 Å². The SMILES string of the molecule is CN(C)[C@@]12CCC[C@@H]3Oc4c(O)ccc5c4[C@@]31CCN(CC1CC1)[C@@H]2C5. The normalized spacial score (nSPS) is 40.4. The van der Waals surface area contributed by atoms with Crippen LogP contribution in [0.3, 0.4) is 0 Å². The second kappa shape index (κ2) is 4.96. The van der Waals surface area contributed by atoms with Crippen molar-refractivity contribution in [2.45, 2.75) is 68.0 Å². The Hall–Kier alpha value is -1.26. The third kappa shape index (κ3) is 1.65. The van der Waals surface area contributed by atoms with E-state index in [4.69, 9.17) is 4.74 Å². The summed E-state index contributed by atoms with van der Waals surface area (Å²) in [5, 5.41) is 10.6. The fourth-order valence-corrected chi connectivity index (χ4v) is 7.40. The molecule has 0 amide bonds.